The van der Waals surface area contributed by atoms with Crippen LogP contribution in [0.25, 0.3) is 0 Å². The van der Waals surface area contributed by atoms with Crippen molar-refractivity contribution in [2.75, 3.05) is 13.2 Å². The molecule has 0 spiro atoms. The summed E-state index contributed by atoms with van der Waals surface area (Å²) in [6.45, 7) is 8.82. The summed E-state index contributed by atoms with van der Waals surface area (Å²) in [5.74, 6) is -0.549. The molecule has 0 heterocycles. The van der Waals surface area contributed by atoms with Crippen LogP contribution in [0.2, 0.25) is 0 Å². The molecular formula is C39H40O12. The number of esters is 2. The van der Waals surface area contributed by atoms with Gasteiger partial charge in [-0.25, -0.2) is 19.2 Å². The molecule has 0 fully saturated rings. The van der Waals surface area contributed by atoms with Gasteiger partial charge in [-0.3, -0.25) is 9.59 Å². The van der Waals surface area contributed by atoms with Crippen molar-refractivity contribution in [2.24, 2.45) is 0 Å². The van der Waals surface area contributed by atoms with Gasteiger partial charge in [0.2, 0.25) is 0 Å². The molecule has 0 radical (unpaired) electrons. The number of rotatable bonds is 20. The van der Waals surface area contributed by atoms with E-state index in [9.17, 15) is 28.8 Å². The maximum Gasteiger partial charge on any atom is 0.513 e. The minimum absolute atomic E-state index is 0.0230. The average molecular weight is 701 g/mol. The summed E-state index contributed by atoms with van der Waals surface area (Å²) < 4.78 is 31.2. The minimum atomic E-state index is -0.883. The molecule has 51 heavy (non-hydrogen) atoms. The van der Waals surface area contributed by atoms with Gasteiger partial charge < -0.3 is 28.4 Å². The molecule has 0 saturated heterocycles. The summed E-state index contributed by atoms with van der Waals surface area (Å²) in [6.07, 6.45) is 5.59. The third-order valence-electron chi connectivity index (χ3n) is 7.17. The number of ether oxygens (including phenoxy) is 6. The number of unbranched alkanes of at least 4 members (excludes halogenated alkanes) is 4. The van der Waals surface area contributed by atoms with Crippen LogP contribution in [0, 0.1) is 6.92 Å². The van der Waals surface area contributed by atoms with Crippen molar-refractivity contribution in [1.29, 1.82) is 0 Å². The van der Waals surface area contributed by atoms with E-state index in [0.29, 0.717) is 44.1 Å². The van der Waals surface area contributed by atoms with E-state index in [2.05, 4.69) is 13.2 Å². The number of hydrogen-bond acceptors (Lipinski definition) is 12. The topological polar surface area (TPSA) is 158 Å². The van der Waals surface area contributed by atoms with Crippen molar-refractivity contribution in [3.05, 3.63) is 109 Å². The van der Waals surface area contributed by atoms with Crippen LogP contribution in [-0.2, 0) is 19.1 Å². The first-order valence-electron chi connectivity index (χ1n) is 16.3. The van der Waals surface area contributed by atoms with Crippen LogP contribution in [0.4, 0.5) is 9.59 Å². The molecule has 0 bridgehead atoms. The van der Waals surface area contributed by atoms with Crippen LogP contribution in [-0.4, -0.2) is 49.0 Å². The summed E-state index contributed by atoms with van der Waals surface area (Å²) in [6, 6.07) is 16.0. The van der Waals surface area contributed by atoms with Gasteiger partial charge in [0.25, 0.3) is 0 Å². The predicted molar refractivity (Wildman–Crippen MR) is 185 cm³/mol. The Hall–Kier alpha value is -6.04. The van der Waals surface area contributed by atoms with Crippen molar-refractivity contribution < 1.29 is 57.2 Å². The van der Waals surface area contributed by atoms with Gasteiger partial charge in [0, 0.05) is 12.8 Å². The van der Waals surface area contributed by atoms with Crippen LogP contribution >= 0.6 is 0 Å². The molecule has 3 aromatic carbocycles. The number of allylic oxidation sites excluding steroid dienone is 2. The van der Waals surface area contributed by atoms with Gasteiger partial charge in [0.05, 0.1) is 24.3 Å². The highest BCUT2D eigenvalue weighted by Crippen LogP contribution is 2.26. The second-order valence-electron chi connectivity index (χ2n) is 11.1. The molecule has 0 amide bonds. The molecular weight excluding hydrogens is 660 g/mol. The monoisotopic (exact) mass is 700 g/mol. The lowest BCUT2D eigenvalue weighted by molar-refractivity contribution is -0.115. The molecule has 12 nitrogen and oxygen atoms in total. The first-order chi connectivity index (χ1) is 24.6. The third kappa shape index (κ3) is 14.5. The van der Waals surface area contributed by atoms with E-state index in [1.807, 2.05) is 0 Å². The standard InChI is InChI=1S/C39H40O12/c1-4-30(40)12-8-6-10-24-46-38(44)49-32-18-14-28(15-19-32)36(42)48-34-22-23-35(27(3)26-34)51-37(43)29-16-20-33(21-17-29)50-39(45)47-25-11-7-9-13-31(41)5-2/h4-5,14-23,26H,1-2,6-13,24-25H2,3H3. The number of benzene rings is 3. The number of ketones is 2. The van der Waals surface area contributed by atoms with Crippen molar-refractivity contribution in [2.45, 2.75) is 58.3 Å². The quantitative estimate of drug-likeness (QED) is 0.0367. The van der Waals surface area contributed by atoms with Gasteiger partial charge >= 0.3 is 24.2 Å². The Labute approximate surface area is 295 Å². The van der Waals surface area contributed by atoms with E-state index < -0.39 is 24.2 Å². The highest BCUT2D eigenvalue weighted by atomic mass is 16.7. The molecule has 0 aliphatic carbocycles. The summed E-state index contributed by atoms with van der Waals surface area (Å²) in [5.41, 5.74) is 0.928. The van der Waals surface area contributed by atoms with Gasteiger partial charge in [-0.05, 0) is 130 Å². The van der Waals surface area contributed by atoms with Crippen LogP contribution < -0.4 is 18.9 Å². The zero-order valence-corrected chi connectivity index (χ0v) is 28.4. The molecule has 0 aliphatic heterocycles. The Balaban J connectivity index is 1.40. The van der Waals surface area contributed by atoms with Crippen molar-refractivity contribution >= 4 is 35.8 Å². The molecule has 0 N–H and O–H groups in total. The number of aryl methyl sites for hydroxylation is 1. The second-order valence-corrected chi connectivity index (χ2v) is 11.1. The van der Waals surface area contributed by atoms with Crippen molar-refractivity contribution in [3.8, 4) is 23.0 Å². The molecule has 0 saturated carbocycles. The number of hydrogen-bond donors (Lipinski definition) is 0. The first-order valence-corrected chi connectivity index (χ1v) is 16.3. The maximum atomic E-state index is 12.7. The van der Waals surface area contributed by atoms with E-state index in [1.165, 1.54) is 78.9 Å². The lowest BCUT2D eigenvalue weighted by Crippen LogP contribution is -2.13. The largest absolute Gasteiger partial charge is 0.513 e. The first kappa shape index (κ1) is 39.4. The highest BCUT2D eigenvalue weighted by molar-refractivity contribution is 5.92. The summed E-state index contributed by atoms with van der Waals surface area (Å²) in [4.78, 5) is 71.7. The van der Waals surface area contributed by atoms with E-state index >= 15 is 0 Å². The fourth-order valence-electron chi connectivity index (χ4n) is 4.37. The molecule has 12 heteroatoms. The minimum Gasteiger partial charge on any atom is -0.434 e. The van der Waals surface area contributed by atoms with Gasteiger partial charge in [-0.15, -0.1) is 0 Å². The Morgan fingerprint density at radius 1 is 0.529 bits per heavy atom. The molecule has 268 valence electrons. The smallest absolute Gasteiger partial charge is 0.434 e. The van der Waals surface area contributed by atoms with Crippen LogP contribution in [0.5, 0.6) is 23.0 Å². The van der Waals surface area contributed by atoms with Crippen LogP contribution in [0.1, 0.15) is 77.6 Å². The molecule has 0 aliphatic rings. The SMILES string of the molecule is C=CC(=O)CCCCCOC(=O)Oc1ccc(C(=O)Oc2ccc(OC(=O)c3ccc(OC(=O)OCCCCCC(=O)C=C)cc3)c(C)c2)cc1. The molecule has 0 aromatic heterocycles. The lowest BCUT2D eigenvalue weighted by atomic mass is 10.1. The van der Waals surface area contributed by atoms with E-state index in [1.54, 1.807) is 6.92 Å². The molecule has 0 unspecified atom stereocenters. The van der Waals surface area contributed by atoms with Crippen molar-refractivity contribution in [3.63, 3.8) is 0 Å². The maximum absolute atomic E-state index is 12.7. The van der Waals surface area contributed by atoms with E-state index in [4.69, 9.17) is 28.4 Å². The fourth-order valence-corrected chi connectivity index (χ4v) is 4.37. The summed E-state index contributed by atoms with van der Waals surface area (Å²) in [7, 11) is 0. The van der Waals surface area contributed by atoms with Gasteiger partial charge in [-0.1, -0.05) is 13.2 Å². The zero-order valence-electron chi connectivity index (χ0n) is 28.4. The number of carbonyl (C=O) groups is 6. The summed E-state index contributed by atoms with van der Waals surface area (Å²) in [5, 5.41) is 0. The fraction of sp³-hybridized carbons (Fsp3) is 0.282. The average Bonchev–Trinajstić information content (AvgIpc) is 3.12. The molecule has 3 rings (SSSR count). The Kier molecular flexibility index (Phi) is 16.3. The third-order valence-corrected chi connectivity index (χ3v) is 7.17. The highest BCUT2D eigenvalue weighted by Gasteiger charge is 2.15. The van der Waals surface area contributed by atoms with E-state index in [-0.39, 0.29) is 58.9 Å². The van der Waals surface area contributed by atoms with Gasteiger partial charge in [0.15, 0.2) is 11.6 Å². The zero-order chi connectivity index (χ0) is 37.0. The van der Waals surface area contributed by atoms with Crippen LogP contribution in [0.3, 0.4) is 0 Å². The van der Waals surface area contributed by atoms with Crippen LogP contribution in [0.15, 0.2) is 92.0 Å². The Morgan fingerprint density at radius 3 is 1.39 bits per heavy atom. The molecule has 3 aromatic rings. The predicted octanol–water partition coefficient (Wildman–Crippen LogP) is 8.10. The Morgan fingerprint density at radius 2 is 0.961 bits per heavy atom. The van der Waals surface area contributed by atoms with E-state index in [0.717, 1.165) is 12.8 Å². The number of carbonyl (C=O) groups excluding carboxylic acids is 6. The van der Waals surface area contributed by atoms with Gasteiger partial charge in [0.1, 0.15) is 23.0 Å². The Bertz CT molecular complexity index is 1690. The molecule has 0 atom stereocenters. The van der Waals surface area contributed by atoms with Crippen molar-refractivity contribution in [1.82, 2.24) is 0 Å². The summed E-state index contributed by atoms with van der Waals surface area (Å²) >= 11 is 0. The van der Waals surface area contributed by atoms with Gasteiger partial charge in [-0.2, -0.15) is 0 Å². The normalized spacial score (nSPS) is 10.3. The second kappa shape index (κ2) is 21.1. The lowest BCUT2D eigenvalue weighted by Gasteiger charge is -2.11.